The summed E-state index contributed by atoms with van der Waals surface area (Å²) in [6.45, 7) is 10.9. The van der Waals surface area contributed by atoms with Gasteiger partial charge in [0, 0.05) is 18.2 Å². The fourth-order valence-electron chi connectivity index (χ4n) is 1.92. The van der Waals surface area contributed by atoms with E-state index in [-0.39, 0.29) is 17.3 Å². The molecule has 0 heterocycles. The Morgan fingerprint density at radius 1 is 1.29 bits per heavy atom. The minimum absolute atomic E-state index is 0.00182. The summed E-state index contributed by atoms with van der Waals surface area (Å²) >= 11 is 0. The molecule has 5 heteroatoms. The number of nitro groups is 1. The molecule has 0 radical (unpaired) electrons. The average Bonchev–Trinajstić information content (AvgIpc) is 2.41. The molecule has 1 aromatic carbocycles. The van der Waals surface area contributed by atoms with Crippen molar-refractivity contribution in [2.24, 2.45) is 0 Å². The van der Waals surface area contributed by atoms with E-state index in [1.165, 1.54) is 6.07 Å². The summed E-state index contributed by atoms with van der Waals surface area (Å²) in [5, 5.41) is 14.5. The molecule has 1 N–H and O–H groups in total. The van der Waals surface area contributed by atoms with Crippen molar-refractivity contribution in [3.8, 4) is 5.75 Å². The third-order valence-corrected chi connectivity index (χ3v) is 3.25. The Morgan fingerprint density at radius 2 is 1.90 bits per heavy atom. The van der Waals surface area contributed by atoms with Crippen LogP contribution >= 0.6 is 0 Å². The lowest BCUT2D eigenvalue weighted by Crippen LogP contribution is -2.35. The van der Waals surface area contributed by atoms with Crippen LogP contribution in [-0.4, -0.2) is 16.6 Å². The van der Waals surface area contributed by atoms with Gasteiger partial charge in [-0.2, -0.15) is 0 Å². The van der Waals surface area contributed by atoms with Crippen LogP contribution in [-0.2, 0) is 6.54 Å². The van der Waals surface area contributed by atoms with E-state index in [0.717, 1.165) is 18.4 Å². The fraction of sp³-hybridized carbons (Fsp3) is 0.625. The molecule has 0 saturated heterocycles. The zero-order chi connectivity index (χ0) is 16.0. The van der Waals surface area contributed by atoms with E-state index in [2.05, 4.69) is 26.1 Å². The Labute approximate surface area is 126 Å². The highest BCUT2D eigenvalue weighted by Crippen LogP contribution is 2.30. The summed E-state index contributed by atoms with van der Waals surface area (Å²) in [5.74, 6) is 0.363. The molecule has 21 heavy (non-hydrogen) atoms. The van der Waals surface area contributed by atoms with E-state index < -0.39 is 4.92 Å². The topological polar surface area (TPSA) is 64.4 Å². The highest BCUT2D eigenvalue weighted by atomic mass is 16.6. The van der Waals surface area contributed by atoms with Gasteiger partial charge in [-0.05, 0) is 45.2 Å². The zero-order valence-electron chi connectivity index (χ0n) is 13.6. The quantitative estimate of drug-likeness (QED) is 0.608. The predicted molar refractivity (Wildman–Crippen MR) is 84.7 cm³/mol. The van der Waals surface area contributed by atoms with Gasteiger partial charge < -0.3 is 10.1 Å². The number of nitro benzene ring substituents is 1. The second-order valence-electron chi connectivity index (χ2n) is 6.22. The molecule has 0 aromatic heterocycles. The zero-order valence-corrected chi connectivity index (χ0v) is 13.6. The molecule has 1 rings (SSSR count). The maximum Gasteiger partial charge on any atom is 0.310 e. The molecule has 0 atom stereocenters. The molecule has 0 aliphatic heterocycles. The first-order valence-corrected chi connectivity index (χ1v) is 7.45. The van der Waals surface area contributed by atoms with Crippen LogP contribution in [0.4, 0.5) is 5.69 Å². The normalized spacial score (nSPS) is 11.7. The molecule has 0 unspecified atom stereocenters. The van der Waals surface area contributed by atoms with Gasteiger partial charge in [-0.25, -0.2) is 0 Å². The lowest BCUT2D eigenvalue weighted by Gasteiger charge is -2.21. The van der Waals surface area contributed by atoms with Crippen LogP contribution in [0.5, 0.6) is 5.75 Å². The third kappa shape index (κ3) is 5.71. The second-order valence-corrected chi connectivity index (χ2v) is 6.22. The fourth-order valence-corrected chi connectivity index (χ4v) is 1.92. The molecule has 5 nitrogen and oxygen atoms in total. The first-order chi connectivity index (χ1) is 9.76. The van der Waals surface area contributed by atoms with Crippen molar-refractivity contribution in [3.05, 3.63) is 33.9 Å². The number of nitrogens with one attached hydrogen (secondary N) is 1. The standard InChI is InChI=1S/C16H26N2O3/c1-6-13(7-2)21-15-10-12(11-17-16(3,4)5)8-9-14(15)18(19)20/h8-10,13,17H,6-7,11H2,1-5H3. The van der Waals surface area contributed by atoms with E-state index in [4.69, 9.17) is 4.74 Å². The Kier molecular flexibility index (Phi) is 6.15. The number of nitrogens with zero attached hydrogens (tertiary/aromatic N) is 1. The maximum absolute atomic E-state index is 11.1. The summed E-state index contributed by atoms with van der Waals surface area (Å²) in [6, 6.07) is 5.07. The number of hydrogen-bond donors (Lipinski definition) is 1. The molecule has 0 amide bonds. The van der Waals surface area contributed by atoms with E-state index >= 15 is 0 Å². The van der Waals surface area contributed by atoms with Gasteiger partial charge in [-0.3, -0.25) is 10.1 Å². The lowest BCUT2D eigenvalue weighted by atomic mass is 10.1. The maximum atomic E-state index is 11.1. The lowest BCUT2D eigenvalue weighted by molar-refractivity contribution is -0.386. The van der Waals surface area contributed by atoms with Crippen molar-refractivity contribution in [1.82, 2.24) is 5.32 Å². The van der Waals surface area contributed by atoms with Crippen LogP contribution in [0.1, 0.15) is 53.0 Å². The van der Waals surface area contributed by atoms with Crippen molar-refractivity contribution >= 4 is 5.69 Å². The molecule has 0 bridgehead atoms. The summed E-state index contributed by atoms with van der Waals surface area (Å²) in [4.78, 5) is 10.7. The number of rotatable bonds is 7. The first-order valence-electron chi connectivity index (χ1n) is 7.45. The average molecular weight is 294 g/mol. The smallest absolute Gasteiger partial charge is 0.310 e. The van der Waals surface area contributed by atoms with Crippen LogP contribution in [0.3, 0.4) is 0 Å². The largest absolute Gasteiger partial charge is 0.484 e. The summed E-state index contributed by atoms with van der Waals surface area (Å²) in [6.07, 6.45) is 1.67. The van der Waals surface area contributed by atoms with Gasteiger partial charge in [-0.15, -0.1) is 0 Å². The van der Waals surface area contributed by atoms with Crippen molar-refractivity contribution in [1.29, 1.82) is 0 Å². The van der Waals surface area contributed by atoms with Gasteiger partial charge in [-0.1, -0.05) is 19.9 Å². The molecular formula is C16H26N2O3. The Hall–Kier alpha value is -1.62. The summed E-state index contributed by atoms with van der Waals surface area (Å²) in [7, 11) is 0. The number of benzene rings is 1. The summed E-state index contributed by atoms with van der Waals surface area (Å²) < 4.78 is 5.81. The minimum Gasteiger partial charge on any atom is -0.484 e. The molecule has 0 aliphatic rings. The van der Waals surface area contributed by atoms with Gasteiger partial charge in [0.1, 0.15) is 0 Å². The Morgan fingerprint density at radius 3 is 2.38 bits per heavy atom. The molecule has 1 aromatic rings. The van der Waals surface area contributed by atoms with Crippen LogP contribution in [0.15, 0.2) is 18.2 Å². The third-order valence-electron chi connectivity index (χ3n) is 3.25. The highest BCUT2D eigenvalue weighted by Gasteiger charge is 2.19. The van der Waals surface area contributed by atoms with Gasteiger partial charge in [0.05, 0.1) is 11.0 Å². The van der Waals surface area contributed by atoms with Crippen LogP contribution in [0, 0.1) is 10.1 Å². The predicted octanol–water partition coefficient (Wildman–Crippen LogP) is 4.05. The van der Waals surface area contributed by atoms with E-state index in [1.54, 1.807) is 12.1 Å². The molecule has 0 aliphatic carbocycles. The van der Waals surface area contributed by atoms with E-state index in [1.807, 2.05) is 13.8 Å². The Balaban J connectivity index is 2.97. The van der Waals surface area contributed by atoms with Gasteiger partial charge >= 0.3 is 5.69 Å². The molecular weight excluding hydrogens is 268 g/mol. The molecule has 0 spiro atoms. The monoisotopic (exact) mass is 294 g/mol. The van der Waals surface area contributed by atoms with Gasteiger partial charge in [0.25, 0.3) is 0 Å². The van der Waals surface area contributed by atoms with E-state index in [9.17, 15) is 10.1 Å². The van der Waals surface area contributed by atoms with Crippen LogP contribution in [0.2, 0.25) is 0 Å². The Bertz CT molecular complexity index is 477. The SMILES string of the molecule is CCC(CC)Oc1cc(CNC(C)(C)C)ccc1[N+](=O)[O-]. The first kappa shape index (κ1) is 17.4. The van der Waals surface area contributed by atoms with Crippen molar-refractivity contribution in [2.45, 2.75) is 65.6 Å². The minimum atomic E-state index is -0.390. The molecule has 0 fully saturated rings. The van der Waals surface area contributed by atoms with Crippen molar-refractivity contribution < 1.29 is 9.66 Å². The number of ether oxygens (including phenoxy) is 1. The summed E-state index contributed by atoms with van der Waals surface area (Å²) in [5.41, 5.74) is 1.01. The van der Waals surface area contributed by atoms with Crippen LogP contribution in [0.25, 0.3) is 0 Å². The van der Waals surface area contributed by atoms with Gasteiger partial charge in [0.2, 0.25) is 0 Å². The van der Waals surface area contributed by atoms with E-state index in [0.29, 0.717) is 12.3 Å². The second kappa shape index (κ2) is 7.41. The molecule has 118 valence electrons. The van der Waals surface area contributed by atoms with Crippen LogP contribution < -0.4 is 10.1 Å². The highest BCUT2D eigenvalue weighted by molar-refractivity contribution is 5.48. The van der Waals surface area contributed by atoms with Crippen molar-refractivity contribution in [2.75, 3.05) is 0 Å². The van der Waals surface area contributed by atoms with Gasteiger partial charge in [0.15, 0.2) is 5.75 Å². The van der Waals surface area contributed by atoms with Crippen molar-refractivity contribution in [3.63, 3.8) is 0 Å². The number of hydrogen-bond acceptors (Lipinski definition) is 4. The molecule has 0 saturated carbocycles.